The number of phenols is 1. The molecule has 1 aromatic carbocycles. The van der Waals surface area contributed by atoms with Crippen LogP contribution in [0.4, 0.5) is 4.79 Å². The summed E-state index contributed by atoms with van der Waals surface area (Å²) in [6.07, 6.45) is -0.519. The van der Waals surface area contributed by atoms with Crippen LogP contribution >= 0.6 is 0 Å². The molecular formula is C14H21NO5. The second-order valence-corrected chi connectivity index (χ2v) is 5.24. The van der Waals surface area contributed by atoms with E-state index in [1.165, 1.54) is 6.07 Å². The molecule has 1 rings (SSSR count). The predicted molar refractivity (Wildman–Crippen MR) is 73.8 cm³/mol. The van der Waals surface area contributed by atoms with Gasteiger partial charge in [-0.15, -0.1) is 0 Å². The average Bonchev–Trinajstić information content (AvgIpc) is 2.34. The monoisotopic (exact) mass is 283 g/mol. The van der Waals surface area contributed by atoms with Crippen molar-refractivity contribution < 1.29 is 24.5 Å². The molecule has 0 saturated carbocycles. The minimum Gasteiger partial charge on any atom is -0.504 e. The minimum absolute atomic E-state index is 0.0144. The molecule has 0 radical (unpaired) electrons. The molecule has 20 heavy (non-hydrogen) atoms. The van der Waals surface area contributed by atoms with Crippen molar-refractivity contribution in [3.63, 3.8) is 0 Å². The number of aliphatic hydroxyl groups excluding tert-OH is 1. The van der Waals surface area contributed by atoms with Crippen LogP contribution in [-0.4, -0.2) is 35.1 Å². The highest BCUT2D eigenvalue weighted by atomic mass is 16.6. The maximum absolute atomic E-state index is 11.4. The Balaban J connectivity index is 2.36. The number of aromatic hydroxyl groups is 1. The normalized spacial score (nSPS) is 11.0. The maximum Gasteiger partial charge on any atom is 0.407 e. The first kappa shape index (κ1) is 16.1. The molecule has 0 aliphatic heterocycles. The second kappa shape index (κ2) is 7.00. The zero-order chi connectivity index (χ0) is 15.2. The van der Waals surface area contributed by atoms with E-state index in [0.29, 0.717) is 5.56 Å². The molecule has 0 fully saturated rings. The number of hydrogen-bond donors (Lipinski definition) is 3. The van der Waals surface area contributed by atoms with Crippen molar-refractivity contribution in [1.29, 1.82) is 0 Å². The van der Waals surface area contributed by atoms with E-state index in [-0.39, 0.29) is 31.3 Å². The van der Waals surface area contributed by atoms with Crippen molar-refractivity contribution in [1.82, 2.24) is 5.32 Å². The summed E-state index contributed by atoms with van der Waals surface area (Å²) in [5, 5.41) is 21.1. The zero-order valence-electron chi connectivity index (χ0n) is 12.0. The Hall–Kier alpha value is -1.95. The number of alkyl carbamates (subject to hydrolysis) is 1. The van der Waals surface area contributed by atoms with Crippen molar-refractivity contribution >= 4 is 6.09 Å². The summed E-state index contributed by atoms with van der Waals surface area (Å²) in [5.74, 6) is 0.252. The van der Waals surface area contributed by atoms with E-state index in [1.54, 1.807) is 32.9 Å². The van der Waals surface area contributed by atoms with Gasteiger partial charge in [-0.05, 0) is 38.5 Å². The van der Waals surface area contributed by atoms with Gasteiger partial charge in [0.2, 0.25) is 0 Å². The van der Waals surface area contributed by atoms with Crippen LogP contribution in [0.5, 0.6) is 11.5 Å². The van der Waals surface area contributed by atoms with Gasteiger partial charge in [-0.25, -0.2) is 4.79 Å². The molecule has 0 atom stereocenters. The van der Waals surface area contributed by atoms with E-state index >= 15 is 0 Å². The highest BCUT2D eigenvalue weighted by Crippen LogP contribution is 2.26. The number of amides is 1. The zero-order valence-corrected chi connectivity index (χ0v) is 12.0. The van der Waals surface area contributed by atoms with Gasteiger partial charge in [-0.1, -0.05) is 6.07 Å². The summed E-state index contributed by atoms with van der Waals surface area (Å²) in [6, 6.07) is 4.59. The van der Waals surface area contributed by atoms with Crippen molar-refractivity contribution in [2.75, 3.05) is 13.2 Å². The summed E-state index contributed by atoms with van der Waals surface area (Å²) in [5.41, 5.74) is 0.0940. The van der Waals surface area contributed by atoms with Crippen molar-refractivity contribution in [2.24, 2.45) is 0 Å². The first-order valence-electron chi connectivity index (χ1n) is 6.34. The Kier molecular flexibility index (Phi) is 5.64. The highest BCUT2D eigenvalue weighted by molar-refractivity contribution is 5.67. The number of phenolic OH excluding ortho intramolecular Hbond substituents is 1. The third-order valence-corrected chi connectivity index (χ3v) is 2.23. The van der Waals surface area contributed by atoms with Gasteiger partial charge in [0, 0.05) is 0 Å². The Morgan fingerprint density at radius 3 is 2.65 bits per heavy atom. The van der Waals surface area contributed by atoms with Gasteiger partial charge in [0.1, 0.15) is 12.2 Å². The van der Waals surface area contributed by atoms with Gasteiger partial charge in [0.15, 0.2) is 11.5 Å². The summed E-state index contributed by atoms with van der Waals surface area (Å²) >= 11 is 0. The topological polar surface area (TPSA) is 88.0 Å². The van der Waals surface area contributed by atoms with Crippen LogP contribution in [0, 0.1) is 0 Å². The number of ether oxygens (including phenoxy) is 2. The lowest BCUT2D eigenvalue weighted by molar-refractivity contribution is 0.0520. The fraction of sp³-hybridized carbons (Fsp3) is 0.500. The Morgan fingerprint density at radius 1 is 1.35 bits per heavy atom. The highest BCUT2D eigenvalue weighted by Gasteiger charge is 2.15. The molecule has 6 nitrogen and oxygen atoms in total. The van der Waals surface area contributed by atoms with Crippen LogP contribution in [0.2, 0.25) is 0 Å². The van der Waals surface area contributed by atoms with E-state index in [4.69, 9.17) is 14.6 Å². The fourth-order valence-corrected chi connectivity index (χ4v) is 1.40. The molecule has 0 bridgehead atoms. The van der Waals surface area contributed by atoms with Gasteiger partial charge >= 0.3 is 6.09 Å². The molecule has 1 amide bonds. The molecule has 6 heteroatoms. The number of hydrogen-bond acceptors (Lipinski definition) is 5. The van der Waals surface area contributed by atoms with E-state index < -0.39 is 11.7 Å². The minimum atomic E-state index is -0.543. The molecule has 0 saturated heterocycles. The molecule has 0 unspecified atom stereocenters. The molecule has 3 N–H and O–H groups in total. The fourth-order valence-electron chi connectivity index (χ4n) is 1.40. The van der Waals surface area contributed by atoms with Gasteiger partial charge in [-0.2, -0.15) is 0 Å². The van der Waals surface area contributed by atoms with E-state index in [0.717, 1.165) is 0 Å². The molecule has 0 aliphatic carbocycles. The van der Waals surface area contributed by atoms with Crippen LogP contribution in [0.3, 0.4) is 0 Å². The lowest BCUT2D eigenvalue weighted by atomic mass is 10.2. The smallest absolute Gasteiger partial charge is 0.407 e. The standard InChI is InChI=1S/C14H21NO5/c1-14(2,3)20-13(18)15-6-7-19-12-8-10(9-16)4-5-11(12)17/h4-5,8,16-17H,6-7,9H2,1-3H3,(H,15,18). The predicted octanol–water partition coefficient (Wildman–Crippen LogP) is 1.79. The third-order valence-electron chi connectivity index (χ3n) is 2.23. The van der Waals surface area contributed by atoms with Crippen molar-refractivity contribution in [3.8, 4) is 11.5 Å². The number of aliphatic hydroxyl groups is 1. The first-order valence-corrected chi connectivity index (χ1v) is 6.34. The Labute approximate surface area is 118 Å². The largest absolute Gasteiger partial charge is 0.504 e. The maximum atomic E-state index is 11.4. The molecular weight excluding hydrogens is 262 g/mol. The lowest BCUT2D eigenvalue weighted by Crippen LogP contribution is -2.34. The number of benzene rings is 1. The summed E-state index contributed by atoms with van der Waals surface area (Å²) < 4.78 is 10.4. The Bertz CT molecular complexity index is 453. The molecule has 0 aliphatic rings. The van der Waals surface area contributed by atoms with Crippen LogP contribution in [0.1, 0.15) is 26.3 Å². The Morgan fingerprint density at radius 2 is 2.05 bits per heavy atom. The molecule has 0 heterocycles. The molecule has 0 aromatic heterocycles. The lowest BCUT2D eigenvalue weighted by Gasteiger charge is -2.19. The van der Waals surface area contributed by atoms with Gasteiger partial charge in [0.25, 0.3) is 0 Å². The SMILES string of the molecule is CC(C)(C)OC(=O)NCCOc1cc(CO)ccc1O. The summed E-state index contributed by atoms with van der Waals surface area (Å²) in [4.78, 5) is 11.4. The van der Waals surface area contributed by atoms with E-state index in [1.807, 2.05) is 0 Å². The molecule has 0 spiro atoms. The van der Waals surface area contributed by atoms with Gasteiger partial charge in [0.05, 0.1) is 13.2 Å². The average molecular weight is 283 g/mol. The van der Waals surface area contributed by atoms with Crippen LogP contribution in [0.15, 0.2) is 18.2 Å². The molecule has 112 valence electrons. The molecule has 1 aromatic rings. The second-order valence-electron chi connectivity index (χ2n) is 5.24. The van der Waals surface area contributed by atoms with Crippen LogP contribution < -0.4 is 10.1 Å². The van der Waals surface area contributed by atoms with Crippen molar-refractivity contribution in [2.45, 2.75) is 33.0 Å². The summed E-state index contributed by atoms with van der Waals surface area (Å²) in [6.45, 7) is 5.64. The van der Waals surface area contributed by atoms with E-state index in [2.05, 4.69) is 5.32 Å². The first-order chi connectivity index (χ1) is 9.31. The van der Waals surface area contributed by atoms with Crippen LogP contribution in [0.25, 0.3) is 0 Å². The number of carbonyl (C=O) groups is 1. The number of carbonyl (C=O) groups excluding carboxylic acids is 1. The van der Waals surface area contributed by atoms with E-state index in [9.17, 15) is 9.90 Å². The van der Waals surface area contributed by atoms with Crippen LogP contribution in [-0.2, 0) is 11.3 Å². The van der Waals surface area contributed by atoms with Crippen molar-refractivity contribution in [3.05, 3.63) is 23.8 Å². The number of rotatable bonds is 5. The third kappa shape index (κ3) is 5.79. The number of nitrogens with one attached hydrogen (secondary N) is 1. The quantitative estimate of drug-likeness (QED) is 0.717. The van der Waals surface area contributed by atoms with Gasteiger partial charge in [-0.3, -0.25) is 0 Å². The van der Waals surface area contributed by atoms with Gasteiger partial charge < -0.3 is 25.0 Å². The summed E-state index contributed by atoms with van der Waals surface area (Å²) in [7, 11) is 0.